The van der Waals surface area contributed by atoms with E-state index in [2.05, 4.69) is 20.3 Å². The topological polar surface area (TPSA) is 100.0 Å². The summed E-state index contributed by atoms with van der Waals surface area (Å²) in [5.41, 5.74) is 6.45. The van der Waals surface area contributed by atoms with E-state index in [9.17, 15) is 0 Å². The fourth-order valence-corrected chi connectivity index (χ4v) is 2.29. The van der Waals surface area contributed by atoms with Crippen molar-refractivity contribution in [1.82, 2.24) is 20.3 Å². The maximum atomic E-state index is 5.89. The molecule has 7 heteroatoms. The maximum Gasteiger partial charge on any atom is 0.233 e. The van der Waals surface area contributed by atoms with E-state index in [-0.39, 0.29) is 12.0 Å². The van der Waals surface area contributed by atoms with Gasteiger partial charge in [0.25, 0.3) is 0 Å². The second-order valence-electron chi connectivity index (χ2n) is 4.69. The lowest BCUT2D eigenvalue weighted by atomic mass is 10.1. The number of aromatic nitrogens is 4. The van der Waals surface area contributed by atoms with Crippen LogP contribution in [-0.4, -0.2) is 33.5 Å². The van der Waals surface area contributed by atoms with Gasteiger partial charge in [0.15, 0.2) is 0 Å². The molecule has 0 bridgehead atoms. The van der Waals surface area contributed by atoms with Crippen LogP contribution in [0.4, 0.5) is 0 Å². The summed E-state index contributed by atoms with van der Waals surface area (Å²) in [5, 5.41) is 11.8. The lowest BCUT2D eigenvalue weighted by molar-refractivity contribution is 0.353. The first-order valence-electron chi connectivity index (χ1n) is 6.23. The van der Waals surface area contributed by atoms with Gasteiger partial charge in [-0.2, -0.15) is 4.98 Å². The van der Waals surface area contributed by atoms with E-state index in [1.165, 1.54) is 0 Å². The minimum Gasteiger partial charge on any atom is -0.480 e. The maximum absolute atomic E-state index is 5.89. The van der Waals surface area contributed by atoms with Crippen molar-refractivity contribution in [2.45, 2.75) is 31.2 Å². The summed E-state index contributed by atoms with van der Waals surface area (Å²) in [7, 11) is 1.54. The highest BCUT2D eigenvalue weighted by molar-refractivity contribution is 5.47. The van der Waals surface area contributed by atoms with Crippen LogP contribution in [0.25, 0.3) is 11.5 Å². The molecule has 0 radical (unpaired) electrons. The van der Waals surface area contributed by atoms with Crippen molar-refractivity contribution in [3.05, 3.63) is 18.0 Å². The zero-order valence-corrected chi connectivity index (χ0v) is 10.6. The summed E-state index contributed by atoms with van der Waals surface area (Å²) >= 11 is 0. The molecule has 3 rings (SSSR count). The first-order valence-corrected chi connectivity index (χ1v) is 6.23. The SMILES string of the molecule is COc1ccc(-c2noc(C3CCC(N)C3)n2)nn1. The average Bonchev–Trinajstić information content (AvgIpc) is 3.07. The zero-order valence-electron chi connectivity index (χ0n) is 10.6. The van der Waals surface area contributed by atoms with Crippen molar-refractivity contribution in [2.75, 3.05) is 7.11 Å². The molecule has 0 aliphatic heterocycles. The normalized spacial score (nSPS) is 22.6. The number of ether oxygens (including phenoxy) is 1. The highest BCUT2D eigenvalue weighted by atomic mass is 16.5. The van der Waals surface area contributed by atoms with Gasteiger partial charge in [0, 0.05) is 18.0 Å². The number of rotatable bonds is 3. The molecule has 2 aromatic heterocycles. The van der Waals surface area contributed by atoms with Crippen molar-refractivity contribution in [3.8, 4) is 17.4 Å². The monoisotopic (exact) mass is 261 g/mol. The van der Waals surface area contributed by atoms with Gasteiger partial charge in [0.05, 0.1) is 7.11 Å². The lowest BCUT2D eigenvalue weighted by Crippen LogP contribution is -2.14. The Labute approximate surface area is 110 Å². The third-order valence-corrected chi connectivity index (χ3v) is 3.34. The molecule has 19 heavy (non-hydrogen) atoms. The van der Waals surface area contributed by atoms with E-state index in [1.807, 2.05) is 0 Å². The molecule has 1 saturated carbocycles. The number of hydrogen-bond acceptors (Lipinski definition) is 7. The second kappa shape index (κ2) is 4.93. The van der Waals surface area contributed by atoms with Gasteiger partial charge in [-0.25, -0.2) is 0 Å². The molecule has 0 amide bonds. The molecule has 1 aliphatic carbocycles. The summed E-state index contributed by atoms with van der Waals surface area (Å²) in [6, 6.07) is 3.70. The Morgan fingerprint density at radius 2 is 2.21 bits per heavy atom. The van der Waals surface area contributed by atoms with E-state index in [0.29, 0.717) is 23.3 Å². The molecule has 1 aliphatic rings. The minimum absolute atomic E-state index is 0.237. The molecule has 2 atom stereocenters. The predicted molar refractivity (Wildman–Crippen MR) is 66.4 cm³/mol. The van der Waals surface area contributed by atoms with E-state index < -0.39 is 0 Å². The molecule has 7 nitrogen and oxygen atoms in total. The number of hydrogen-bond donors (Lipinski definition) is 1. The molecule has 2 aromatic rings. The number of methoxy groups -OCH3 is 1. The lowest BCUT2D eigenvalue weighted by Gasteiger charge is -2.01. The zero-order chi connectivity index (χ0) is 13.2. The summed E-state index contributed by atoms with van der Waals surface area (Å²) in [6.07, 6.45) is 2.90. The Bertz CT molecular complexity index is 554. The molecule has 0 saturated heterocycles. The van der Waals surface area contributed by atoms with E-state index in [0.717, 1.165) is 19.3 Å². The highest BCUT2D eigenvalue weighted by Gasteiger charge is 2.28. The molecule has 1 fully saturated rings. The van der Waals surface area contributed by atoms with E-state index >= 15 is 0 Å². The fourth-order valence-electron chi connectivity index (χ4n) is 2.29. The Hall–Kier alpha value is -2.02. The Balaban J connectivity index is 1.80. The van der Waals surface area contributed by atoms with Crippen molar-refractivity contribution in [1.29, 1.82) is 0 Å². The predicted octanol–water partition coefficient (Wildman–Crippen LogP) is 1.13. The third kappa shape index (κ3) is 2.41. The first kappa shape index (κ1) is 12.0. The van der Waals surface area contributed by atoms with Crippen molar-refractivity contribution >= 4 is 0 Å². The van der Waals surface area contributed by atoms with Gasteiger partial charge in [0.2, 0.25) is 17.6 Å². The molecular weight excluding hydrogens is 246 g/mol. The fraction of sp³-hybridized carbons (Fsp3) is 0.500. The first-order chi connectivity index (χ1) is 9.26. The number of nitrogens with two attached hydrogens (primary N) is 1. The molecule has 100 valence electrons. The van der Waals surface area contributed by atoms with Crippen molar-refractivity contribution in [2.24, 2.45) is 5.73 Å². The van der Waals surface area contributed by atoms with E-state index in [4.69, 9.17) is 15.0 Å². The molecule has 0 aromatic carbocycles. The van der Waals surface area contributed by atoms with Crippen LogP contribution in [0, 0.1) is 0 Å². The Kier molecular flexibility index (Phi) is 3.12. The van der Waals surface area contributed by atoms with Gasteiger partial charge in [0.1, 0.15) is 5.69 Å². The van der Waals surface area contributed by atoms with Crippen molar-refractivity contribution < 1.29 is 9.26 Å². The molecule has 2 unspecified atom stereocenters. The van der Waals surface area contributed by atoms with Crippen LogP contribution in [0.1, 0.15) is 31.1 Å². The van der Waals surface area contributed by atoms with Crippen LogP contribution in [0.3, 0.4) is 0 Å². The van der Waals surface area contributed by atoms with Crippen LogP contribution in [0.5, 0.6) is 5.88 Å². The molecular formula is C12H15N5O2. The molecule has 2 heterocycles. The summed E-state index contributed by atoms with van der Waals surface area (Å²) < 4.78 is 10.2. The summed E-state index contributed by atoms with van der Waals surface area (Å²) in [5.74, 6) is 1.81. The quantitative estimate of drug-likeness (QED) is 0.883. The second-order valence-corrected chi connectivity index (χ2v) is 4.69. The Morgan fingerprint density at radius 1 is 1.32 bits per heavy atom. The largest absolute Gasteiger partial charge is 0.480 e. The van der Waals surface area contributed by atoms with Crippen LogP contribution < -0.4 is 10.5 Å². The number of nitrogens with zero attached hydrogens (tertiary/aromatic N) is 4. The van der Waals surface area contributed by atoms with Crippen LogP contribution in [-0.2, 0) is 0 Å². The van der Waals surface area contributed by atoms with Crippen LogP contribution in [0.2, 0.25) is 0 Å². The van der Waals surface area contributed by atoms with Gasteiger partial charge in [-0.1, -0.05) is 5.16 Å². The molecule has 0 spiro atoms. The average molecular weight is 261 g/mol. The third-order valence-electron chi connectivity index (χ3n) is 3.34. The summed E-state index contributed by atoms with van der Waals surface area (Å²) in [6.45, 7) is 0. The standard InChI is InChI=1S/C12H15N5O2/c1-18-10-5-4-9(15-16-10)11-14-12(19-17-11)7-2-3-8(13)6-7/h4-5,7-8H,2-3,6,13H2,1H3. The van der Waals surface area contributed by atoms with E-state index in [1.54, 1.807) is 19.2 Å². The van der Waals surface area contributed by atoms with Crippen LogP contribution in [0.15, 0.2) is 16.7 Å². The molecule has 2 N–H and O–H groups in total. The highest BCUT2D eigenvalue weighted by Crippen LogP contribution is 2.33. The van der Waals surface area contributed by atoms with Gasteiger partial charge in [-0.15, -0.1) is 10.2 Å². The Morgan fingerprint density at radius 3 is 2.84 bits per heavy atom. The van der Waals surface area contributed by atoms with Gasteiger partial charge >= 0.3 is 0 Å². The minimum atomic E-state index is 0.237. The van der Waals surface area contributed by atoms with Crippen molar-refractivity contribution in [3.63, 3.8) is 0 Å². The smallest absolute Gasteiger partial charge is 0.233 e. The van der Waals surface area contributed by atoms with Gasteiger partial charge < -0.3 is 15.0 Å². The van der Waals surface area contributed by atoms with Gasteiger partial charge in [-0.3, -0.25) is 0 Å². The van der Waals surface area contributed by atoms with Crippen LogP contribution >= 0.6 is 0 Å². The summed E-state index contributed by atoms with van der Waals surface area (Å²) in [4.78, 5) is 4.38. The van der Waals surface area contributed by atoms with Gasteiger partial charge in [-0.05, 0) is 25.3 Å².